The number of nitrogens with zero attached hydrogens (tertiary/aromatic N) is 2. The SMILES string of the molecule is Cc1cc(C(C)Nc2ccccc2C(=O)OC(=O)C(F)(F)F)c2oc(N3CC4(CCN4c4ccccc4)C3)cc(=O)c2c1. The maximum Gasteiger partial charge on any atom is 0.491 e. The van der Waals surface area contributed by atoms with E-state index < -0.39 is 24.2 Å². The second-order valence-electron chi connectivity index (χ2n) is 11.1. The lowest BCUT2D eigenvalue weighted by Gasteiger charge is -2.63. The van der Waals surface area contributed by atoms with Crippen LogP contribution in [-0.2, 0) is 9.53 Å². The molecule has 6 rings (SSSR count). The summed E-state index contributed by atoms with van der Waals surface area (Å²) in [5, 5.41) is 3.50. The van der Waals surface area contributed by atoms with Crippen LogP contribution in [0.15, 0.2) is 82.0 Å². The molecule has 2 fully saturated rings. The lowest BCUT2D eigenvalue weighted by atomic mass is 9.77. The van der Waals surface area contributed by atoms with Gasteiger partial charge in [0, 0.05) is 42.6 Å². The van der Waals surface area contributed by atoms with Gasteiger partial charge in [-0.2, -0.15) is 13.2 Å². The summed E-state index contributed by atoms with van der Waals surface area (Å²) in [6.07, 6.45) is -4.27. The molecule has 0 aliphatic carbocycles. The Labute approximate surface area is 244 Å². The van der Waals surface area contributed by atoms with Crippen LogP contribution in [0.2, 0.25) is 0 Å². The number of carbonyl (C=O) groups excluding carboxylic acids is 2. The molecule has 8 nitrogen and oxygen atoms in total. The van der Waals surface area contributed by atoms with Gasteiger partial charge in [0.15, 0.2) is 11.3 Å². The molecule has 0 bridgehead atoms. The van der Waals surface area contributed by atoms with Crippen molar-refractivity contribution < 1.29 is 31.9 Å². The molecular weight excluding hydrogens is 563 g/mol. The van der Waals surface area contributed by atoms with Gasteiger partial charge in [-0.05, 0) is 56.2 Å². The van der Waals surface area contributed by atoms with E-state index in [-0.39, 0.29) is 22.2 Å². The highest BCUT2D eigenvalue weighted by Gasteiger charge is 2.54. The number of alkyl halides is 3. The minimum atomic E-state index is -5.31. The highest BCUT2D eigenvalue weighted by molar-refractivity contribution is 6.02. The molecule has 1 aromatic heterocycles. The van der Waals surface area contributed by atoms with Gasteiger partial charge >= 0.3 is 18.1 Å². The number of ether oxygens (including phenoxy) is 1. The summed E-state index contributed by atoms with van der Waals surface area (Å²) in [7, 11) is 0. The smallest absolute Gasteiger partial charge is 0.440 e. The Morgan fingerprint density at radius 3 is 2.40 bits per heavy atom. The number of aryl methyl sites for hydroxylation is 1. The van der Waals surface area contributed by atoms with Crippen LogP contribution in [0.5, 0.6) is 0 Å². The Kier molecular flexibility index (Phi) is 6.90. The largest absolute Gasteiger partial charge is 0.491 e. The first-order valence-corrected chi connectivity index (χ1v) is 13.8. The van der Waals surface area contributed by atoms with Gasteiger partial charge in [-0.1, -0.05) is 36.4 Å². The minimum absolute atomic E-state index is 0.00829. The van der Waals surface area contributed by atoms with Crippen molar-refractivity contribution in [2.45, 2.75) is 38.0 Å². The normalized spacial score (nSPS) is 16.4. The van der Waals surface area contributed by atoms with Crippen molar-refractivity contribution >= 4 is 40.2 Å². The third-order valence-corrected chi connectivity index (χ3v) is 8.11. The Morgan fingerprint density at radius 1 is 1.02 bits per heavy atom. The number of halogens is 3. The van der Waals surface area contributed by atoms with Gasteiger partial charge < -0.3 is 24.3 Å². The molecule has 1 N–H and O–H groups in total. The van der Waals surface area contributed by atoms with Gasteiger partial charge in [0.2, 0.25) is 0 Å². The Morgan fingerprint density at radius 2 is 1.72 bits per heavy atom. The molecule has 4 aromatic rings. The van der Waals surface area contributed by atoms with Crippen LogP contribution in [0.4, 0.5) is 30.4 Å². The summed E-state index contributed by atoms with van der Waals surface area (Å²) >= 11 is 0. The van der Waals surface area contributed by atoms with Crippen molar-refractivity contribution in [1.29, 1.82) is 0 Å². The van der Waals surface area contributed by atoms with Gasteiger partial charge in [-0.3, -0.25) is 4.79 Å². The average molecular weight is 592 g/mol. The molecule has 11 heteroatoms. The highest BCUT2D eigenvalue weighted by Crippen LogP contribution is 2.44. The maximum absolute atomic E-state index is 13.3. The zero-order valence-electron chi connectivity index (χ0n) is 23.4. The zero-order chi connectivity index (χ0) is 30.5. The molecule has 0 radical (unpaired) electrons. The number of anilines is 3. The van der Waals surface area contributed by atoms with E-state index in [4.69, 9.17) is 4.42 Å². The molecule has 3 heterocycles. The predicted octanol–water partition coefficient (Wildman–Crippen LogP) is 5.99. The second kappa shape index (κ2) is 10.5. The van der Waals surface area contributed by atoms with Gasteiger partial charge in [0.05, 0.1) is 22.5 Å². The molecule has 1 atom stereocenters. The molecule has 2 saturated heterocycles. The van der Waals surface area contributed by atoms with E-state index in [9.17, 15) is 27.6 Å². The van der Waals surface area contributed by atoms with Crippen molar-refractivity contribution in [1.82, 2.24) is 0 Å². The number of rotatable bonds is 6. The number of para-hydroxylation sites is 2. The standard InChI is InChI=1S/C32H28F3N3O5/c1-19-14-23(20(2)36-25-11-7-6-10-22(25)29(40)43-30(41)32(33,34)35)28-24(15-19)26(39)16-27(42-28)37-17-31(18-37)12-13-38(31)21-8-4-3-5-9-21/h3-11,14-16,20,36H,12-13,17-18H2,1-2H3. The maximum atomic E-state index is 13.3. The third kappa shape index (κ3) is 5.19. The van der Waals surface area contributed by atoms with Crippen LogP contribution >= 0.6 is 0 Å². The molecule has 1 spiro atoms. The number of hydrogen-bond donors (Lipinski definition) is 1. The molecule has 1 unspecified atom stereocenters. The fourth-order valence-corrected chi connectivity index (χ4v) is 5.89. The first-order chi connectivity index (χ1) is 20.4. The molecule has 0 saturated carbocycles. The monoisotopic (exact) mass is 591 g/mol. The number of fused-ring (bicyclic) bond motifs is 1. The second-order valence-corrected chi connectivity index (χ2v) is 11.1. The zero-order valence-corrected chi connectivity index (χ0v) is 23.4. The minimum Gasteiger partial charge on any atom is -0.440 e. The predicted molar refractivity (Wildman–Crippen MR) is 156 cm³/mol. The Bertz CT molecular complexity index is 1780. The lowest BCUT2D eigenvalue weighted by Crippen LogP contribution is -2.77. The van der Waals surface area contributed by atoms with E-state index in [1.54, 1.807) is 19.1 Å². The Hall–Kier alpha value is -4.80. The topological polar surface area (TPSA) is 92.1 Å². The Balaban J connectivity index is 1.27. The van der Waals surface area contributed by atoms with E-state index in [1.807, 2.05) is 36.1 Å². The number of nitrogens with one attached hydrogen (secondary N) is 1. The van der Waals surface area contributed by atoms with Crippen LogP contribution in [0.1, 0.15) is 40.9 Å². The molecule has 43 heavy (non-hydrogen) atoms. The van der Waals surface area contributed by atoms with Gasteiger partial charge in [0.1, 0.15) is 5.58 Å². The first-order valence-electron chi connectivity index (χ1n) is 13.8. The van der Waals surface area contributed by atoms with E-state index in [1.165, 1.54) is 24.3 Å². The summed E-state index contributed by atoms with van der Waals surface area (Å²) in [5.41, 5.74) is 2.65. The summed E-state index contributed by atoms with van der Waals surface area (Å²) in [5.74, 6) is -3.58. The first kappa shape index (κ1) is 28.3. The quantitative estimate of drug-likeness (QED) is 0.216. The summed E-state index contributed by atoms with van der Waals surface area (Å²) in [6.45, 7) is 5.99. The van der Waals surface area contributed by atoms with E-state index in [0.717, 1.165) is 24.2 Å². The van der Waals surface area contributed by atoms with Crippen molar-refractivity contribution in [3.63, 3.8) is 0 Å². The number of benzene rings is 3. The number of hydrogen-bond acceptors (Lipinski definition) is 8. The fourth-order valence-electron chi connectivity index (χ4n) is 5.89. The lowest BCUT2D eigenvalue weighted by molar-refractivity contribution is -0.193. The van der Waals surface area contributed by atoms with Gasteiger partial charge in [0.25, 0.3) is 0 Å². The van der Waals surface area contributed by atoms with E-state index in [0.29, 0.717) is 35.5 Å². The van der Waals surface area contributed by atoms with Crippen LogP contribution in [0, 0.1) is 6.92 Å². The van der Waals surface area contributed by atoms with Crippen LogP contribution in [-0.4, -0.2) is 43.3 Å². The number of esters is 2. The number of carbonyl (C=O) groups is 2. The molecule has 222 valence electrons. The third-order valence-electron chi connectivity index (χ3n) is 8.11. The van der Waals surface area contributed by atoms with Gasteiger partial charge in [-0.25, -0.2) is 9.59 Å². The molecular formula is C32H28F3N3O5. The van der Waals surface area contributed by atoms with E-state index >= 15 is 0 Å². The van der Waals surface area contributed by atoms with Crippen molar-refractivity contribution in [3.05, 3.63) is 99.7 Å². The average Bonchev–Trinajstić information content (AvgIpc) is 2.92. The summed E-state index contributed by atoms with van der Waals surface area (Å²) < 4.78 is 48.4. The van der Waals surface area contributed by atoms with Crippen LogP contribution in [0.25, 0.3) is 11.0 Å². The van der Waals surface area contributed by atoms with Crippen molar-refractivity contribution in [2.24, 2.45) is 0 Å². The van der Waals surface area contributed by atoms with Crippen LogP contribution < -0.4 is 20.5 Å². The highest BCUT2D eigenvalue weighted by atomic mass is 19.4. The summed E-state index contributed by atoms with van der Waals surface area (Å²) in [4.78, 5) is 41.4. The van der Waals surface area contributed by atoms with Crippen LogP contribution in [0.3, 0.4) is 0 Å². The van der Waals surface area contributed by atoms with Crippen molar-refractivity contribution in [2.75, 3.05) is 34.8 Å². The molecule has 3 aromatic carbocycles. The van der Waals surface area contributed by atoms with Crippen molar-refractivity contribution in [3.8, 4) is 0 Å². The molecule has 2 aliphatic heterocycles. The molecule has 0 amide bonds. The van der Waals surface area contributed by atoms with Gasteiger partial charge in [-0.15, -0.1) is 0 Å². The van der Waals surface area contributed by atoms with E-state index in [2.05, 4.69) is 27.1 Å². The fraction of sp³-hybridized carbons (Fsp3) is 0.281. The molecule has 2 aliphatic rings. The summed E-state index contributed by atoms with van der Waals surface area (Å²) in [6, 6.07) is 20.5.